The molecule has 3 aromatic carbocycles. The van der Waals surface area contributed by atoms with E-state index < -0.39 is 11.2 Å². The predicted molar refractivity (Wildman–Crippen MR) is 147 cm³/mol. The van der Waals surface area contributed by atoms with Gasteiger partial charge >= 0.3 is 5.97 Å². The van der Waals surface area contributed by atoms with Gasteiger partial charge in [0.2, 0.25) is 0 Å². The lowest BCUT2D eigenvalue weighted by atomic mass is 9.77. The first-order chi connectivity index (χ1) is 17.4. The van der Waals surface area contributed by atoms with Crippen molar-refractivity contribution in [3.63, 3.8) is 0 Å². The summed E-state index contributed by atoms with van der Waals surface area (Å²) >= 11 is 11.5. The molecule has 0 aliphatic heterocycles. The third-order valence-electron chi connectivity index (χ3n) is 7.26. The fraction of sp³-hybridized carbons (Fsp3) is 0.355. The van der Waals surface area contributed by atoms with Gasteiger partial charge in [0, 0.05) is 6.07 Å². The smallest absolute Gasteiger partial charge is 0.343 e. The molecule has 0 aromatic heterocycles. The maximum atomic E-state index is 12.6. The van der Waals surface area contributed by atoms with Crippen LogP contribution in [0, 0.1) is 5.92 Å². The molecule has 1 saturated carbocycles. The van der Waals surface area contributed by atoms with Crippen LogP contribution >= 0.6 is 23.2 Å². The average Bonchev–Trinajstić information content (AvgIpc) is 2.89. The quantitative estimate of drug-likeness (QED) is 0.121. The zero-order valence-corrected chi connectivity index (χ0v) is 22.2. The van der Waals surface area contributed by atoms with Crippen molar-refractivity contribution in [2.24, 2.45) is 5.92 Å². The highest BCUT2D eigenvalue weighted by molar-refractivity contribution is 6.68. The number of hydrogen-bond donors (Lipinski definition) is 0. The van der Waals surface area contributed by atoms with Crippen LogP contribution in [0.15, 0.2) is 66.7 Å². The summed E-state index contributed by atoms with van der Waals surface area (Å²) in [5.41, 5.74) is 4.21. The number of rotatable bonds is 9. The molecule has 0 amide bonds. The minimum atomic E-state index is -0.660. The summed E-state index contributed by atoms with van der Waals surface area (Å²) in [6.45, 7) is 2.27. The highest BCUT2D eigenvalue weighted by Crippen LogP contribution is 2.38. The predicted octanol–water partition coefficient (Wildman–Crippen LogP) is 9.46. The molecule has 0 unspecified atom stereocenters. The lowest BCUT2D eigenvalue weighted by molar-refractivity contribution is 0.0734. The molecular formula is C31H32Cl2O3. The Bertz CT molecular complexity index is 1180. The monoisotopic (exact) mass is 522 g/mol. The van der Waals surface area contributed by atoms with E-state index in [9.17, 15) is 9.59 Å². The highest BCUT2D eigenvalue weighted by Gasteiger charge is 2.22. The number of benzene rings is 3. The molecular weight excluding hydrogens is 491 g/mol. The number of carbonyl (C=O) groups excluding carboxylic acids is 2. The molecule has 36 heavy (non-hydrogen) atoms. The van der Waals surface area contributed by atoms with Crippen molar-refractivity contribution in [3.8, 4) is 16.9 Å². The minimum Gasteiger partial charge on any atom is -0.423 e. The first kappa shape index (κ1) is 26.4. The van der Waals surface area contributed by atoms with E-state index in [2.05, 4.69) is 31.2 Å². The van der Waals surface area contributed by atoms with Crippen LogP contribution in [0.2, 0.25) is 5.02 Å². The summed E-state index contributed by atoms with van der Waals surface area (Å²) in [5, 5.41) is -0.522. The maximum absolute atomic E-state index is 12.6. The minimum absolute atomic E-state index is 0.138. The molecule has 1 aliphatic carbocycles. The van der Waals surface area contributed by atoms with Gasteiger partial charge in [0.15, 0.2) is 0 Å². The topological polar surface area (TPSA) is 43.4 Å². The zero-order chi connectivity index (χ0) is 25.5. The molecule has 0 radical (unpaired) electrons. The SMILES string of the molecule is CCCCCC1CCC(c2ccc(-c3ccc(C(=O)Oc4ccc(C(=O)Cl)c(Cl)c4)cc3)cc2)CC1. The Balaban J connectivity index is 1.33. The van der Waals surface area contributed by atoms with Gasteiger partial charge in [0.1, 0.15) is 5.75 Å². The van der Waals surface area contributed by atoms with E-state index in [-0.39, 0.29) is 16.3 Å². The van der Waals surface area contributed by atoms with E-state index in [0.717, 1.165) is 17.0 Å². The Kier molecular flexibility index (Phi) is 9.23. The van der Waals surface area contributed by atoms with Crippen molar-refractivity contribution in [1.29, 1.82) is 0 Å². The molecule has 3 nitrogen and oxygen atoms in total. The molecule has 1 aliphatic rings. The summed E-state index contributed by atoms with van der Waals surface area (Å²) < 4.78 is 5.40. The van der Waals surface area contributed by atoms with Crippen LogP contribution in [0.5, 0.6) is 5.75 Å². The Labute approximate surface area is 223 Å². The Hall–Kier alpha value is -2.62. The van der Waals surface area contributed by atoms with Crippen LogP contribution in [0.1, 0.15) is 90.5 Å². The first-order valence-electron chi connectivity index (χ1n) is 12.9. The van der Waals surface area contributed by atoms with Gasteiger partial charge in [-0.25, -0.2) is 4.79 Å². The van der Waals surface area contributed by atoms with Crippen LogP contribution in [0.3, 0.4) is 0 Å². The summed E-state index contributed by atoms with van der Waals surface area (Å²) in [6, 6.07) is 20.6. The van der Waals surface area contributed by atoms with Gasteiger partial charge in [0.25, 0.3) is 5.24 Å². The van der Waals surface area contributed by atoms with Crippen molar-refractivity contribution in [2.75, 3.05) is 0 Å². The van der Waals surface area contributed by atoms with E-state index in [1.165, 1.54) is 75.1 Å². The molecule has 0 heterocycles. The summed E-state index contributed by atoms with van der Waals surface area (Å²) in [5.74, 6) is 1.34. The van der Waals surface area contributed by atoms with Crippen molar-refractivity contribution in [3.05, 3.63) is 88.4 Å². The molecule has 4 rings (SSSR count). The van der Waals surface area contributed by atoms with E-state index >= 15 is 0 Å². The second-order valence-electron chi connectivity index (χ2n) is 9.72. The van der Waals surface area contributed by atoms with E-state index in [1.54, 1.807) is 12.1 Å². The lowest BCUT2D eigenvalue weighted by Crippen LogP contribution is -2.13. The van der Waals surface area contributed by atoms with Gasteiger partial charge in [-0.15, -0.1) is 0 Å². The van der Waals surface area contributed by atoms with Crippen LogP contribution in [-0.2, 0) is 0 Å². The molecule has 0 N–H and O–H groups in total. The molecule has 5 heteroatoms. The molecule has 0 saturated heterocycles. The molecule has 0 bridgehead atoms. The molecule has 188 valence electrons. The van der Waals surface area contributed by atoms with Gasteiger partial charge in [-0.2, -0.15) is 0 Å². The molecule has 0 spiro atoms. The van der Waals surface area contributed by atoms with Crippen LogP contribution < -0.4 is 4.74 Å². The maximum Gasteiger partial charge on any atom is 0.343 e. The highest BCUT2D eigenvalue weighted by atomic mass is 35.5. The van der Waals surface area contributed by atoms with Crippen molar-refractivity contribution >= 4 is 34.4 Å². The number of hydrogen-bond acceptors (Lipinski definition) is 3. The Morgan fingerprint density at radius 1 is 0.861 bits per heavy atom. The average molecular weight is 524 g/mol. The van der Waals surface area contributed by atoms with Gasteiger partial charge < -0.3 is 4.74 Å². The van der Waals surface area contributed by atoms with E-state index in [4.69, 9.17) is 27.9 Å². The number of unbranched alkanes of at least 4 members (excludes halogenated alkanes) is 2. The van der Waals surface area contributed by atoms with Crippen LogP contribution in [-0.4, -0.2) is 11.2 Å². The fourth-order valence-electron chi connectivity index (χ4n) is 5.10. The molecule has 1 fully saturated rings. The number of carbonyl (C=O) groups is 2. The Morgan fingerprint density at radius 3 is 2.08 bits per heavy atom. The second-order valence-corrected chi connectivity index (χ2v) is 10.5. The molecule has 0 atom stereocenters. The number of halogens is 2. The standard InChI is InChI=1S/C31H32Cl2O3/c1-2-3-4-5-21-6-8-22(9-7-21)23-10-12-24(13-11-23)25-14-16-26(17-15-25)31(35)36-27-18-19-28(30(33)34)29(32)20-27/h10-22H,2-9H2,1H3. The normalized spacial score (nSPS) is 17.5. The summed E-state index contributed by atoms with van der Waals surface area (Å²) in [4.78, 5) is 23.8. The third kappa shape index (κ3) is 6.78. The zero-order valence-electron chi connectivity index (χ0n) is 20.6. The fourth-order valence-corrected chi connectivity index (χ4v) is 5.57. The van der Waals surface area contributed by atoms with Crippen molar-refractivity contribution in [2.45, 2.75) is 64.2 Å². The van der Waals surface area contributed by atoms with Crippen molar-refractivity contribution < 1.29 is 14.3 Å². The molecule has 3 aromatic rings. The van der Waals surface area contributed by atoms with Gasteiger partial charge in [-0.05, 0) is 90.1 Å². The second kappa shape index (κ2) is 12.6. The van der Waals surface area contributed by atoms with E-state index in [0.29, 0.717) is 11.5 Å². The van der Waals surface area contributed by atoms with Gasteiger partial charge in [-0.1, -0.05) is 80.6 Å². The van der Waals surface area contributed by atoms with Crippen molar-refractivity contribution in [1.82, 2.24) is 0 Å². The Morgan fingerprint density at radius 2 is 1.50 bits per heavy atom. The summed E-state index contributed by atoms with van der Waals surface area (Å²) in [6.07, 6.45) is 10.8. The first-order valence-corrected chi connectivity index (χ1v) is 13.6. The number of ether oxygens (including phenoxy) is 1. The van der Waals surface area contributed by atoms with Gasteiger partial charge in [-0.3, -0.25) is 4.79 Å². The number of esters is 1. The largest absolute Gasteiger partial charge is 0.423 e. The third-order valence-corrected chi connectivity index (χ3v) is 7.78. The lowest BCUT2D eigenvalue weighted by Gasteiger charge is -2.29. The summed E-state index contributed by atoms with van der Waals surface area (Å²) in [7, 11) is 0. The van der Waals surface area contributed by atoms with E-state index in [1.807, 2.05) is 12.1 Å². The van der Waals surface area contributed by atoms with Crippen LogP contribution in [0.4, 0.5) is 0 Å². The van der Waals surface area contributed by atoms with Crippen LogP contribution in [0.25, 0.3) is 11.1 Å². The van der Waals surface area contributed by atoms with Gasteiger partial charge in [0.05, 0.1) is 16.1 Å².